The minimum atomic E-state index is 0.543. The smallest absolute Gasteiger partial charge is 0.146 e. The van der Waals surface area contributed by atoms with Gasteiger partial charge in [0.2, 0.25) is 0 Å². The molecule has 5 heteroatoms. The highest BCUT2D eigenvalue weighted by Crippen LogP contribution is 2.28. The van der Waals surface area contributed by atoms with Crippen LogP contribution in [0.5, 0.6) is 0 Å². The molecule has 0 saturated heterocycles. The molecule has 0 amide bonds. The summed E-state index contributed by atoms with van der Waals surface area (Å²) in [5, 5.41) is 0.543. The molecule has 0 spiro atoms. The van der Waals surface area contributed by atoms with Crippen LogP contribution in [0.15, 0.2) is 30.3 Å². The second-order valence-corrected chi connectivity index (χ2v) is 6.55. The topological polar surface area (TPSA) is 25.8 Å². The highest BCUT2D eigenvalue weighted by atomic mass is 127. The van der Waals surface area contributed by atoms with Crippen LogP contribution in [-0.2, 0) is 5.75 Å². The van der Waals surface area contributed by atoms with Crippen molar-refractivity contribution in [2.75, 3.05) is 5.75 Å². The second kappa shape index (κ2) is 7.45. The molecule has 0 aliphatic carbocycles. The Kier molecular flexibility index (Phi) is 5.91. The van der Waals surface area contributed by atoms with E-state index in [0.29, 0.717) is 5.15 Å². The molecular weight excluding hydrogens is 391 g/mol. The first kappa shape index (κ1) is 15.1. The fourth-order valence-corrected chi connectivity index (χ4v) is 3.11. The Hall–Kier alpha value is -0.330. The zero-order valence-corrected chi connectivity index (χ0v) is 14.3. The minimum absolute atomic E-state index is 0.543. The molecule has 0 fully saturated rings. The van der Waals surface area contributed by atoms with E-state index in [9.17, 15) is 0 Å². The third kappa shape index (κ3) is 4.07. The van der Waals surface area contributed by atoms with Gasteiger partial charge in [0.05, 0.1) is 15.0 Å². The Bertz CT molecular complexity index is 549. The SMILES string of the molecule is CCCSCc1nc(Cl)c(I)c(-c2ccccc2)n1. The number of rotatable bonds is 5. The zero-order valence-electron chi connectivity index (χ0n) is 10.6. The average molecular weight is 405 g/mol. The number of hydrogen-bond acceptors (Lipinski definition) is 3. The second-order valence-electron chi connectivity index (χ2n) is 4.01. The van der Waals surface area contributed by atoms with E-state index in [1.54, 1.807) is 0 Å². The Labute approximate surface area is 136 Å². The lowest BCUT2D eigenvalue weighted by molar-refractivity contribution is 1.02. The molecule has 1 aromatic heterocycles. The maximum absolute atomic E-state index is 6.21. The molecule has 19 heavy (non-hydrogen) atoms. The molecule has 0 atom stereocenters. The summed E-state index contributed by atoms with van der Waals surface area (Å²) in [7, 11) is 0. The van der Waals surface area contributed by atoms with E-state index >= 15 is 0 Å². The summed E-state index contributed by atoms with van der Waals surface area (Å²) in [6.07, 6.45) is 1.16. The van der Waals surface area contributed by atoms with Crippen LogP contribution in [0.3, 0.4) is 0 Å². The van der Waals surface area contributed by atoms with Gasteiger partial charge in [-0.15, -0.1) is 0 Å². The summed E-state index contributed by atoms with van der Waals surface area (Å²) in [5.41, 5.74) is 2.01. The molecule has 0 saturated carbocycles. The molecule has 1 aromatic carbocycles. The van der Waals surface area contributed by atoms with Gasteiger partial charge < -0.3 is 0 Å². The van der Waals surface area contributed by atoms with Crippen molar-refractivity contribution in [2.45, 2.75) is 19.1 Å². The van der Waals surface area contributed by atoms with E-state index in [0.717, 1.165) is 38.6 Å². The summed E-state index contributed by atoms with van der Waals surface area (Å²) in [4.78, 5) is 9.01. The molecule has 2 nitrogen and oxygen atoms in total. The molecule has 0 unspecified atom stereocenters. The third-order valence-corrected chi connectivity index (χ3v) is 5.26. The predicted molar refractivity (Wildman–Crippen MR) is 91.6 cm³/mol. The first-order valence-electron chi connectivity index (χ1n) is 6.07. The van der Waals surface area contributed by atoms with Gasteiger partial charge in [0, 0.05) is 5.56 Å². The number of aromatic nitrogens is 2. The van der Waals surface area contributed by atoms with Gasteiger partial charge in [-0.3, -0.25) is 0 Å². The Morgan fingerprint density at radius 2 is 1.95 bits per heavy atom. The van der Waals surface area contributed by atoms with Gasteiger partial charge in [0.25, 0.3) is 0 Å². The molecule has 100 valence electrons. The Morgan fingerprint density at radius 1 is 1.21 bits per heavy atom. The van der Waals surface area contributed by atoms with E-state index in [1.807, 2.05) is 42.1 Å². The fourth-order valence-electron chi connectivity index (χ4n) is 1.62. The van der Waals surface area contributed by atoms with Crippen LogP contribution in [0.2, 0.25) is 5.15 Å². The van der Waals surface area contributed by atoms with Gasteiger partial charge in [-0.25, -0.2) is 9.97 Å². The maximum atomic E-state index is 6.21. The van der Waals surface area contributed by atoms with Crippen molar-refractivity contribution in [1.82, 2.24) is 9.97 Å². The molecule has 0 bridgehead atoms. The molecule has 0 N–H and O–H groups in total. The summed E-state index contributed by atoms with van der Waals surface area (Å²) in [6, 6.07) is 10.1. The lowest BCUT2D eigenvalue weighted by Gasteiger charge is -2.08. The normalized spacial score (nSPS) is 10.7. The molecular formula is C14H14ClIN2S. The van der Waals surface area contributed by atoms with Crippen LogP contribution in [0.1, 0.15) is 19.2 Å². The van der Waals surface area contributed by atoms with Gasteiger partial charge in [-0.1, -0.05) is 48.9 Å². The largest absolute Gasteiger partial charge is 0.231 e. The van der Waals surface area contributed by atoms with Crippen LogP contribution in [0.4, 0.5) is 0 Å². The highest BCUT2D eigenvalue weighted by Gasteiger charge is 2.12. The van der Waals surface area contributed by atoms with Crippen LogP contribution in [0, 0.1) is 3.57 Å². The van der Waals surface area contributed by atoms with Crippen molar-refractivity contribution < 1.29 is 0 Å². The molecule has 0 radical (unpaired) electrons. The monoisotopic (exact) mass is 404 g/mol. The first-order valence-corrected chi connectivity index (χ1v) is 8.68. The van der Waals surface area contributed by atoms with Crippen LogP contribution in [-0.4, -0.2) is 15.7 Å². The Balaban J connectivity index is 2.32. The lowest BCUT2D eigenvalue weighted by atomic mass is 10.1. The molecule has 2 rings (SSSR count). The average Bonchev–Trinajstić information content (AvgIpc) is 2.44. The van der Waals surface area contributed by atoms with Crippen molar-refractivity contribution in [3.8, 4) is 11.3 Å². The van der Waals surface area contributed by atoms with E-state index in [4.69, 9.17) is 11.6 Å². The number of nitrogens with zero attached hydrogens (tertiary/aromatic N) is 2. The van der Waals surface area contributed by atoms with Crippen molar-refractivity contribution in [1.29, 1.82) is 0 Å². The van der Waals surface area contributed by atoms with Gasteiger partial charge >= 0.3 is 0 Å². The summed E-state index contributed by atoms with van der Waals surface area (Å²) in [6.45, 7) is 2.17. The van der Waals surface area contributed by atoms with Gasteiger partial charge in [0.15, 0.2) is 0 Å². The number of halogens is 2. The number of hydrogen-bond donors (Lipinski definition) is 0. The molecule has 2 aromatic rings. The van der Waals surface area contributed by atoms with E-state index in [2.05, 4.69) is 39.5 Å². The molecule has 1 heterocycles. The van der Waals surface area contributed by atoms with Crippen molar-refractivity contribution in [2.24, 2.45) is 0 Å². The molecule has 0 aliphatic rings. The summed E-state index contributed by atoms with van der Waals surface area (Å²) in [5.74, 6) is 2.74. The number of benzene rings is 1. The van der Waals surface area contributed by atoms with E-state index in [1.165, 1.54) is 0 Å². The van der Waals surface area contributed by atoms with Crippen molar-refractivity contribution in [3.63, 3.8) is 0 Å². The van der Waals surface area contributed by atoms with E-state index < -0.39 is 0 Å². The summed E-state index contributed by atoms with van der Waals surface area (Å²) < 4.78 is 0.912. The fraction of sp³-hybridized carbons (Fsp3) is 0.286. The van der Waals surface area contributed by atoms with Crippen LogP contribution < -0.4 is 0 Å². The van der Waals surface area contributed by atoms with E-state index in [-0.39, 0.29) is 0 Å². The summed E-state index contributed by atoms with van der Waals surface area (Å²) >= 11 is 10.3. The minimum Gasteiger partial charge on any atom is -0.231 e. The van der Waals surface area contributed by atoms with Gasteiger partial charge in [-0.2, -0.15) is 11.8 Å². The van der Waals surface area contributed by atoms with Crippen LogP contribution in [0.25, 0.3) is 11.3 Å². The predicted octanol–water partition coefficient (Wildman–Crippen LogP) is 5.04. The lowest BCUT2D eigenvalue weighted by Crippen LogP contribution is -2.00. The van der Waals surface area contributed by atoms with Gasteiger partial charge in [0.1, 0.15) is 11.0 Å². The highest BCUT2D eigenvalue weighted by molar-refractivity contribution is 14.1. The third-order valence-electron chi connectivity index (χ3n) is 2.48. The van der Waals surface area contributed by atoms with Crippen LogP contribution >= 0.6 is 46.0 Å². The number of thioether (sulfide) groups is 1. The van der Waals surface area contributed by atoms with Crippen molar-refractivity contribution >= 4 is 46.0 Å². The maximum Gasteiger partial charge on any atom is 0.146 e. The van der Waals surface area contributed by atoms with Crippen molar-refractivity contribution in [3.05, 3.63) is 44.9 Å². The quantitative estimate of drug-likeness (QED) is 0.396. The first-order chi connectivity index (χ1) is 9.22. The molecule has 0 aliphatic heterocycles. The standard InChI is InChI=1S/C14H14ClIN2S/c1-2-8-19-9-11-17-13(12(16)14(15)18-11)10-6-4-3-5-7-10/h3-7H,2,8-9H2,1H3. The Morgan fingerprint density at radius 3 is 2.63 bits per heavy atom. The van der Waals surface area contributed by atoms with Gasteiger partial charge in [-0.05, 0) is 34.8 Å². The zero-order chi connectivity index (χ0) is 13.7.